The number of benzene rings is 1. The molecular formula is C24H30N4O4. The van der Waals surface area contributed by atoms with Crippen LogP contribution >= 0.6 is 0 Å². The fourth-order valence-electron chi connectivity index (χ4n) is 3.60. The van der Waals surface area contributed by atoms with Crippen molar-refractivity contribution >= 4 is 29.2 Å². The van der Waals surface area contributed by atoms with Gasteiger partial charge in [0.1, 0.15) is 5.82 Å². The molecule has 170 valence electrons. The monoisotopic (exact) mass is 438 g/mol. The van der Waals surface area contributed by atoms with Gasteiger partial charge in [-0.2, -0.15) is 0 Å². The molecule has 0 bridgehead atoms. The summed E-state index contributed by atoms with van der Waals surface area (Å²) in [6.45, 7) is 7.74. The second-order valence-electron chi connectivity index (χ2n) is 7.74. The number of hydrogen-bond acceptors (Lipinski definition) is 7. The van der Waals surface area contributed by atoms with Crippen LogP contribution in [0.2, 0.25) is 0 Å². The van der Waals surface area contributed by atoms with E-state index in [4.69, 9.17) is 4.74 Å². The maximum absolute atomic E-state index is 12.3. The highest BCUT2D eigenvalue weighted by atomic mass is 16.5. The molecule has 2 heterocycles. The Morgan fingerprint density at radius 1 is 1.00 bits per heavy atom. The molecule has 3 rings (SSSR count). The number of Topliss-reactive ketones (excluding diaryl/α,β-unsaturated/α-hetero) is 1. The molecule has 8 nitrogen and oxygen atoms in total. The molecule has 1 saturated heterocycles. The minimum atomic E-state index is -0.360. The van der Waals surface area contributed by atoms with E-state index in [2.05, 4.69) is 20.1 Å². The fraction of sp³-hybridized carbons (Fsp3) is 0.417. The van der Waals surface area contributed by atoms with Crippen molar-refractivity contribution in [3.63, 3.8) is 0 Å². The first-order valence-corrected chi connectivity index (χ1v) is 11.0. The molecule has 0 spiro atoms. The predicted molar refractivity (Wildman–Crippen MR) is 123 cm³/mol. The van der Waals surface area contributed by atoms with Crippen LogP contribution in [0.1, 0.15) is 47.4 Å². The Morgan fingerprint density at radius 2 is 1.75 bits per heavy atom. The molecule has 1 fully saturated rings. The molecule has 2 aromatic rings. The molecule has 1 N–H and O–H groups in total. The Balaban J connectivity index is 1.45. The van der Waals surface area contributed by atoms with Gasteiger partial charge in [-0.25, -0.2) is 9.78 Å². The first kappa shape index (κ1) is 23.4. The Bertz CT molecular complexity index is 928. The highest BCUT2D eigenvalue weighted by Crippen LogP contribution is 2.15. The van der Waals surface area contributed by atoms with Crippen molar-refractivity contribution < 1.29 is 19.1 Å². The van der Waals surface area contributed by atoms with E-state index in [9.17, 15) is 14.4 Å². The maximum atomic E-state index is 12.3. The molecule has 1 aliphatic rings. The van der Waals surface area contributed by atoms with E-state index in [0.29, 0.717) is 36.4 Å². The third-order valence-electron chi connectivity index (χ3n) is 5.40. The number of hydrogen-bond donors (Lipinski definition) is 1. The molecule has 32 heavy (non-hydrogen) atoms. The van der Waals surface area contributed by atoms with Crippen LogP contribution in [0.25, 0.3) is 0 Å². The third-order valence-corrected chi connectivity index (χ3v) is 5.40. The largest absolute Gasteiger partial charge is 0.462 e. The number of pyridine rings is 1. The molecule has 8 heteroatoms. The van der Waals surface area contributed by atoms with Gasteiger partial charge >= 0.3 is 5.97 Å². The summed E-state index contributed by atoms with van der Waals surface area (Å²) >= 11 is 0. The van der Waals surface area contributed by atoms with Crippen LogP contribution in [0.4, 0.5) is 11.5 Å². The van der Waals surface area contributed by atoms with Gasteiger partial charge in [-0.1, -0.05) is 0 Å². The summed E-state index contributed by atoms with van der Waals surface area (Å²) in [4.78, 5) is 44.4. The van der Waals surface area contributed by atoms with E-state index in [1.807, 2.05) is 6.07 Å². The van der Waals surface area contributed by atoms with Gasteiger partial charge in [0.05, 0.1) is 12.2 Å². The number of ketones is 1. The van der Waals surface area contributed by atoms with Crippen LogP contribution in [0, 0.1) is 0 Å². The fourth-order valence-corrected chi connectivity index (χ4v) is 3.60. The molecule has 1 aromatic carbocycles. The summed E-state index contributed by atoms with van der Waals surface area (Å²) < 4.78 is 5.00. The Hall–Kier alpha value is -3.26. The van der Waals surface area contributed by atoms with Crippen molar-refractivity contribution in [2.24, 2.45) is 0 Å². The molecule has 0 atom stereocenters. The molecular weight excluding hydrogens is 408 g/mol. The highest BCUT2D eigenvalue weighted by Gasteiger charge is 2.17. The third kappa shape index (κ3) is 6.62. The molecule has 1 aliphatic heterocycles. The quantitative estimate of drug-likeness (QED) is 0.500. The summed E-state index contributed by atoms with van der Waals surface area (Å²) in [6, 6.07) is 10.5. The number of ether oxygens (including phenoxy) is 1. The van der Waals surface area contributed by atoms with Crippen molar-refractivity contribution in [1.82, 2.24) is 9.88 Å². The minimum Gasteiger partial charge on any atom is -0.462 e. The number of rotatable bonds is 8. The molecule has 1 aromatic heterocycles. The lowest BCUT2D eigenvalue weighted by atomic mass is 10.1. The SMILES string of the molecule is CCOC(=O)c1ccc(N2CCCN(CCC(=O)Nc3ccc(C(C)=O)cc3)CC2)nc1. The standard InChI is InChI=1S/C24H30N4O4/c1-3-32-24(31)20-7-10-22(25-17-20)28-13-4-12-27(15-16-28)14-11-23(30)26-21-8-5-19(6-9-21)18(2)29/h5-10,17H,3-4,11-16H2,1-2H3,(H,26,30). The lowest BCUT2D eigenvalue weighted by Gasteiger charge is -2.22. The van der Waals surface area contributed by atoms with Gasteiger partial charge in [-0.3, -0.25) is 9.59 Å². The first-order chi connectivity index (χ1) is 15.5. The molecule has 0 radical (unpaired) electrons. The minimum absolute atomic E-state index is 0.00299. The average molecular weight is 439 g/mol. The lowest BCUT2D eigenvalue weighted by Crippen LogP contribution is -2.33. The summed E-state index contributed by atoms with van der Waals surface area (Å²) in [6.07, 6.45) is 2.93. The number of carbonyl (C=O) groups excluding carboxylic acids is 3. The summed E-state index contributed by atoms with van der Waals surface area (Å²) in [5.74, 6) is 0.439. The van der Waals surface area contributed by atoms with Gasteiger partial charge in [-0.05, 0) is 63.2 Å². The van der Waals surface area contributed by atoms with Crippen molar-refractivity contribution in [3.8, 4) is 0 Å². The smallest absolute Gasteiger partial charge is 0.339 e. The van der Waals surface area contributed by atoms with Gasteiger partial charge in [-0.15, -0.1) is 0 Å². The number of aromatic nitrogens is 1. The number of esters is 1. The van der Waals surface area contributed by atoms with E-state index < -0.39 is 0 Å². The lowest BCUT2D eigenvalue weighted by molar-refractivity contribution is -0.116. The zero-order chi connectivity index (χ0) is 22.9. The van der Waals surface area contributed by atoms with E-state index in [1.54, 1.807) is 43.5 Å². The molecule has 0 saturated carbocycles. The number of amides is 1. The number of anilines is 2. The van der Waals surface area contributed by atoms with Crippen LogP contribution in [0.3, 0.4) is 0 Å². The zero-order valence-electron chi connectivity index (χ0n) is 18.7. The van der Waals surface area contributed by atoms with Gasteiger partial charge in [0.15, 0.2) is 5.78 Å². The Labute approximate surface area is 188 Å². The topological polar surface area (TPSA) is 91.8 Å². The second-order valence-corrected chi connectivity index (χ2v) is 7.74. The normalized spacial score (nSPS) is 14.5. The van der Waals surface area contributed by atoms with Crippen LogP contribution in [0.15, 0.2) is 42.6 Å². The van der Waals surface area contributed by atoms with E-state index in [-0.39, 0.29) is 17.7 Å². The van der Waals surface area contributed by atoms with Crippen LogP contribution in [0.5, 0.6) is 0 Å². The van der Waals surface area contributed by atoms with Crippen molar-refractivity contribution in [3.05, 3.63) is 53.7 Å². The molecule has 1 amide bonds. The highest BCUT2D eigenvalue weighted by molar-refractivity contribution is 5.95. The average Bonchev–Trinajstić information content (AvgIpc) is 3.04. The molecule has 0 aliphatic carbocycles. The van der Waals surface area contributed by atoms with Crippen LogP contribution in [-0.4, -0.2) is 66.9 Å². The van der Waals surface area contributed by atoms with Gasteiger partial charge in [0.25, 0.3) is 0 Å². The van der Waals surface area contributed by atoms with Gasteiger partial charge < -0.3 is 19.9 Å². The maximum Gasteiger partial charge on any atom is 0.339 e. The molecule has 0 unspecified atom stereocenters. The summed E-state index contributed by atoms with van der Waals surface area (Å²) in [7, 11) is 0. The van der Waals surface area contributed by atoms with E-state index in [1.165, 1.54) is 6.92 Å². The number of carbonyl (C=O) groups is 3. The number of nitrogens with zero attached hydrogens (tertiary/aromatic N) is 3. The van der Waals surface area contributed by atoms with E-state index in [0.717, 1.165) is 38.4 Å². The van der Waals surface area contributed by atoms with Crippen LogP contribution in [-0.2, 0) is 9.53 Å². The predicted octanol–water partition coefficient (Wildman–Crippen LogP) is 3.00. The first-order valence-electron chi connectivity index (χ1n) is 11.0. The van der Waals surface area contributed by atoms with Crippen molar-refractivity contribution in [2.75, 3.05) is 49.5 Å². The zero-order valence-corrected chi connectivity index (χ0v) is 18.7. The Morgan fingerprint density at radius 3 is 2.41 bits per heavy atom. The number of nitrogens with one attached hydrogen (secondary N) is 1. The van der Waals surface area contributed by atoms with Crippen molar-refractivity contribution in [1.29, 1.82) is 0 Å². The second kappa shape index (κ2) is 11.4. The summed E-state index contributed by atoms with van der Waals surface area (Å²) in [5, 5.41) is 2.89. The Kier molecular flexibility index (Phi) is 8.33. The van der Waals surface area contributed by atoms with Crippen molar-refractivity contribution in [2.45, 2.75) is 26.7 Å². The van der Waals surface area contributed by atoms with Gasteiger partial charge in [0, 0.05) is 50.0 Å². The van der Waals surface area contributed by atoms with E-state index >= 15 is 0 Å². The van der Waals surface area contributed by atoms with Crippen LogP contribution < -0.4 is 10.2 Å². The van der Waals surface area contributed by atoms with Gasteiger partial charge in [0.2, 0.25) is 5.91 Å². The summed E-state index contributed by atoms with van der Waals surface area (Å²) in [5.41, 5.74) is 1.77.